The molecule has 0 heterocycles. The summed E-state index contributed by atoms with van der Waals surface area (Å²) in [5, 5.41) is 9.25. The van der Waals surface area contributed by atoms with Crippen molar-refractivity contribution < 1.29 is 5.11 Å². The Labute approximate surface area is 156 Å². The summed E-state index contributed by atoms with van der Waals surface area (Å²) in [4.78, 5) is 0. The highest BCUT2D eigenvalue weighted by molar-refractivity contribution is 5.09. The third kappa shape index (κ3) is 2.82. The Kier molecular flexibility index (Phi) is 5.02. The Balaban J connectivity index is 1.53. The molecule has 4 rings (SSSR count). The van der Waals surface area contributed by atoms with Gasteiger partial charge in [0.2, 0.25) is 0 Å². The molecular weight excluding hydrogens is 304 g/mol. The van der Waals surface area contributed by atoms with Gasteiger partial charge in [0.1, 0.15) is 0 Å². The Morgan fingerprint density at radius 1 is 0.880 bits per heavy atom. The lowest BCUT2D eigenvalue weighted by molar-refractivity contribution is -0.114. The summed E-state index contributed by atoms with van der Waals surface area (Å²) >= 11 is 0. The normalized spacial score (nSPS) is 50.6. The van der Waals surface area contributed by atoms with E-state index >= 15 is 0 Å². The van der Waals surface area contributed by atoms with Crippen molar-refractivity contribution in [2.75, 3.05) is 6.61 Å². The van der Waals surface area contributed by atoms with Crippen molar-refractivity contribution in [1.29, 1.82) is 0 Å². The molecule has 144 valence electrons. The van der Waals surface area contributed by atoms with Gasteiger partial charge >= 0.3 is 0 Å². The Bertz CT molecular complexity index is 473. The first-order valence-electron chi connectivity index (χ1n) is 11.6. The minimum Gasteiger partial charge on any atom is -0.396 e. The molecule has 4 fully saturated rings. The molecular formula is C24H42O. The molecule has 25 heavy (non-hydrogen) atoms. The number of rotatable bonds is 4. The maximum Gasteiger partial charge on any atom is 0.0431 e. The maximum atomic E-state index is 9.25. The van der Waals surface area contributed by atoms with E-state index in [9.17, 15) is 5.11 Å². The van der Waals surface area contributed by atoms with Crippen molar-refractivity contribution in [3.63, 3.8) is 0 Å². The van der Waals surface area contributed by atoms with E-state index in [1.54, 1.807) is 6.42 Å². The van der Waals surface area contributed by atoms with Crippen molar-refractivity contribution in [2.24, 2.45) is 46.3 Å². The molecule has 0 amide bonds. The maximum absolute atomic E-state index is 9.25. The fraction of sp³-hybridized carbons (Fsp3) is 1.00. The summed E-state index contributed by atoms with van der Waals surface area (Å²) < 4.78 is 0. The fourth-order valence-electron chi connectivity index (χ4n) is 8.88. The van der Waals surface area contributed by atoms with Crippen LogP contribution in [0.1, 0.15) is 97.8 Å². The minimum absolute atomic E-state index is 0.377. The second-order valence-electron chi connectivity index (χ2n) is 11.0. The summed E-state index contributed by atoms with van der Waals surface area (Å²) in [6.07, 6.45) is 17.4. The average molecular weight is 347 g/mol. The summed E-state index contributed by atoms with van der Waals surface area (Å²) in [7, 11) is 0. The lowest BCUT2D eigenvalue weighted by Crippen LogP contribution is -2.53. The van der Waals surface area contributed by atoms with Gasteiger partial charge in [-0.05, 0) is 111 Å². The summed E-state index contributed by atoms with van der Waals surface area (Å²) in [6.45, 7) is 8.24. The van der Waals surface area contributed by atoms with Gasteiger partial charge in [0, 0.05) is 6.61 Å². The molecule has 1 N–H and O–H groups in total. The molecule has 0 saturated heterocycles. The van der Waals surface area contributed by atoms with E-state index in [0.29, 0.717) is 17.4 Å². The minimum atomic E-state index is 0.377. The molecule has 4 aliphatic rings. The lowest BCUT2D eigenvalue weighted by Gasteiger charge is -2.61. The van der Waals surface area contributed by atoms with Gasteiger partial charge in [0.15, 0.2) is 0 Å². The van der Waals surface area contributed by atoms with Gasteiger partial charge in [-0.1, -0.05) is 33.6 Å². The zero-order valence-corrected chi connectivity index (χ0v) is 17.1. The molecule has 0 aromatic carbocycles. The Morgan fingerprint density at radius 2 is 1.68 bits per heavy atom. The van der Waals surface area contributed by atoms with Crippen molar-refractivity contribution in [3.05, 3.63) is 0 Å². The SMILES string of the molecule is C[C@H](CCCO)[C@H]1CCC2[C@@H]3CC[C@@H]4CCCC[C@]4(C)[C@H]3CC[C@@]21C. The Hall–Kier alpha value is -0.0400. The monoisotopic (exact) mass is 346 g/mol. The van der Waals surface area contributed by atoms with Crippen LogP contribution in [0.3, 0.4) is 0 Å². The van der Waals surface area contributed by atoms with Gasteiger partial charge in [-0.3, -0.25) is 0 Å². The zero-order chi connectivity index (χ0) is 17.7. The Morgan fingerprint density at radius 3 is 2.48 bits per heavy atom. The van der Waals surface area contributed by atoms with Crippen LogP contribution in [0, 0.1) is 46.3 Å². The van der Waals surface area contributed by atoms with Gasteiger partial charge < -0.3 is 5.11 Å². The molecule has 0 radical (unpaired) electrons. The third-order valence-electron chi connectivity index (χ3n) is 10.2. The second-order valence-corrected chi connectivity index (χ2v) is 11.0. The van der Waals surface area contributed by atoms with E-state index in [1.807, 2.05) is 0 Å². The molecule has 0 aliphatic heterocycles. The molecule has 0 aromatic rings. The molecule has 0 aromatic heterocycles. The fourth-order valence-corrected chi connectivity index (χ4v) is 8.88. The van der Waals surface area contributed by atoms with Gasteiger partial charge in [-0.15, -0.1) is 0 Å². The number of hydrogen-bond donors (Lipinski definition) is 1. The molecule has 4 saturated carbocycles. The predicted octanol–water partition coefficient (Wildman–Crippen LogP) is 6.44. The van der Waals surface area contributed by atoms with Crippen LogP contribution in [-0.2, 0) is 0 Å². The van der Waals surface area contributed by atoms with Crippen LogP contribution in [0.25, 0.3) is 0 Å². The van der Waals surface area contributed by atoms with E-state index in [2.05, 4.69) is 20.8 Å². The molecule has 1 unspecified atom stereocenters. The van der Waals surface area contributed by atoms with E-state index in [1.165, 1.54) is 64.2 Å². The van der Waals surface area contributed by atoms with Gasteiger partial charge in [0.05, 0.1) is 0 Å². The number of fused-ring (bicyclic) bond motifs is 5. The van der Waals surface area contributed by atoms with Crippen LogP contribution in [0.2, 0.25) is 0 Å². The first-order valence-corrected chi connectivity index (χ1v) is 11.6. The van der Waals surface area contributed by atoms with Crippen molar-refractivity contribution in [2.45, 2.75) is 97.8 Å². The zero-order valence-electron chi connectivity index (χ0n) is 17.1. The van der Waals surface area contributed by atoms with Crippen molar-refractivity contribution in [3.8, 4) is 0 Å². The first kappa shape index (κ1) is 18.3. The highest BCUT2D eigenvalue weighted by atomic mass is 16.2. The topological polar surface area (TPSA) is 20.2 Å². The van der Waals surface area contributed by atoms with Crippen LogP contribution in [0.5, 0.6) is 0 Å². The summed E-state index contributed by atoms with van der Waals surface area (Å²) in [6, 6.07) is 0. The third-order valence-corrected chi connectivity index (χ3v) is 10.2. The van der Waals surface area contributed by atoms with Crippen molar-refractivity contribution >= 4 is 0 Å². The quantitative estimate of drug-likeness (QED) is 0.620. The standard InChI is InChI=1S/C24H42O/c1-17(7-6-16-25)20-11-12-21-19-10-9-18-8-4-5-14-23(18,2)22(19)13-15-24(20,21)3/h17-22,25H,4-16H2,1-3H3/t17-,18+,19+,20-,21?,22+,23+,24-/m1/s1. The van der Waals surface area contributed by atoms with Crippen LogP contribution >= 0.6 is 0 Å². The highest BCUT2D eigenvalue weighted by Gasteiger charge is 2.59. The first-order chi connectivity index (χ1) is 12.0. The molecule has 0 bridgehead atoms. The summed E-state index contributed by atoms with van der Waals surface area (Å²) in [5.74, 6) is 5.85. The van der Waals surface area contributed by atoms with Crippen LogP contribution in [-0.4, -0.2) is 11.7 Å². The van der Waals surface area contributed by atoms with E-state index < -0.39 is 0 Å². The number of hydrogen-bond acceptors (Lipinski definition) is 1. The van der Waals surface area contributed by atoms with E-state index in [4.69, 9.17) is 0 Å². The second kappa shape index (κ2) is 6.84. The van der Waals surface area contributed by atoms with Gasteiger partial charge in [-0.25, -0.2) is 0 Å². The summed E-state index contributed by atoms with van der Waals surface area (Å²) in [5.41, 5.74) is 1.29. The van der Waals surface area contributed by atoms with E-state index in [0.717, 1.165) is 41.9 Å². The molecule has 0 spiro atoms. The average Bonchev–Trinajstić information content (AvgIpc) is 2.96. The van der Waals surface area contributed by atoms with Crippen LogP contribution in [0.4, 0.5) is 0 Å². The van der Waals surface area contributed by atoms with Gasteiger partial charge in [0.25, 0.3) is 0 Å². The predicted molar refractivity (Wildman–Crippen MR) is 105 cm³/mol. The van der Waals surface area contributed by atoms with Crippen LogP contribution < -0.4 is 0 Å². The molecule has 8 atom stereocenters. The van der Waals surface area contributed by atoms with Crippen molar-refractivity contribution in [1.82, 2.24) is 0 Å². The van der Waals surface area contributed by atoms with Crippen LogP contribution in [0.15, 0.2) is 0 Å². The number of aliphatic hydroxyl groups is 1. The molecule has 1 nitrogen and oxygen atoms in total. The largest absolute Gasteiger partial charge is 0.396 e. The smallest absolute Gasteiger partial charge is 0.0431 e. The lowest BCUT2D eigenvalue weighted by atomic mass is 9.44. The number of aliphatic hydroxyl groups excluding tert-OH is 1. The highest BCUT2D eigenvalue weighted by Crippen LogP contribution is 2.68. The molecule has 4 aliphatic carbocycles. The van der Waals surface area contributed by atoms with E-state index in [-0.39, 0.29) is 0 Å². The molecule has 1 heteroatoms. The van der Waals surface area contributed by atoms with Gasteiger partial charge in [-0.2, -0.15) is 0 Å².